The van der Waals surface area contributed by atoms with Gasteiger partial charge in [0.15, 0.2) is 5.16 Å². The quantitative estimate of drug-likeness (QED) is 0.782. The lowest BCUT2D eigenvalue weighted by molar-refractivity contribution is 0.437. The van der Waals surface area contributed by atoms with Crippen LogP contribution in [-0.4, -0.2) is 40.8 Å². The summed E-state index contributed by atoms with van der Waals surface area (Å²) >= 11 is 1.82. The first-order valence-corrected chi connectivity index (χ1v) is 7.47. The van der Waals surface area contributed by atoms with Crippen LogP contribution in [-0.2, 0) is 0 Å². The molecule has 102 valence electrons. The number of imidazole rings is 1. The van der Waals surface area contributed by atoms with Gasteiger partial charge in [-0.15, -0.1) is 0 Å². The zero-order valence-electron chi connectivity index (χ0n) is 12.1. The summed E-state index contributed by atoms with van der Waals surface area (Å²) in [5.41, 5.74) is 3.52. The van der Waals surface area contributed by atoms with Crippen LogP contribution in [0.5, 0.6) is 0 Å². The molecule has 0 saturated heterocycles. The van der Waals surface area contributed by atoms with E-state index < -0.39 is 0 Å². The molecule has 0 aliphatic carbocycles. The van der Waals surface area contributed by atoms with Crippen LogP contribution in [0.1, 0.15) is 11.4 Å². The maximum absolute atomic E-state index is 4.69. The molecule has 0 N–H and O–H groups in total. The molecule has 0 bridgehead atoms. The molecule has 2 rings (SSSR count). The first-order valence-electron chi connectivity index (χ1n) is 6.48. The Morgan fingerprint density at radius 3 is 2.47 bits per heavy atom. The third-order valence-corrected chi connectivity index (χ3v) is 4.02. The molecule has 1 heterocycles. The number of aryl methyl sites for hydroxylation is 1. The molecule has 1 aromatic heterocycles. The van der Waals surface area contributed by atoms with E-state index in [2.05, 4.69) is 61.7 Å². The van der Waals surface area contributed by atoms with Crippen molar-refractivity contribution in [2.45, 2.75) is 19.0 Å². The van der Waals surface area contributed by atoms with Gasteiger partial charge in [-0.05, 0) is 40.1 Å². The first kappa shape index (κ1) is 14.2. The summed E-state index contributed by atoms with van der Waals surface area (Å²) in [7, 11) is 4.20. The van der Waals surface area contributed by atoms with Gasteiger partial charge in [0.05, 0.1) is 5.69 Å². The Bertz CT molecular complexity index is 532. The summed E-state index contributed by atoms with van der Waals surface area (Å²) in [5.74, 6) is 1.05. The van der Waals surface area contributed by atoms with Gasteiger partial charge in [-0.2, -0.15) is 0 Å². The Kier molecular flexibility index (Phi) is 4.66. The highest BCUT2D eigenvalue weighted by atomic mass is 32.2. The Labute approximate surface area is 119 Å². The van der Waals surface area contributed by atoms with Gasteiger partial charge in [-0.1, -0.05) is 30.0 Å². The van der Waals surface area contributed by atoms with Gasteiger partial charge < -0.3 is 4.90 Å². The summed E-state index contributed by atoms with van der Waals surface area (Å²) in [6, 6.07) is 10.4. The van der Waals surface area contributed by atoms with Crippen LogP contribution in [0.15, 0.2) is 35.5 Å². The molecule has 0 radical (unpaired) electrons. The number of hydrogen-bond acceptors (Lipinski definition) is 3. The van der Waals surface area contributed by atoms with Gasteiger partial charge in [-0.25, -0.2) is 4.98 Å². The highest BCUT2D eigenvalue weighted by Gasteiger charge is 2.12. The number of aromatic nitrogens is 2. The highest BCUT2D eigenvalue weighted by Crippen LogP contribution is 2.25. The fourth-order valence-corrected chi connectivity index (χ4v) is 3.09. The second-order valence-corrected chi connectivity index (χ2v) is 5.95. The average Bonchev–Trinajstić information content (AvgIpc) is 2.66. The number of hydrogen-bond donors (Lipinski definition) is 0. The normalized spacial score (nSPS) is 11.2. The van der Waals surface area contributed by atoms with E-state index in [9.17, 15) is 0 Å². The molecular formula is C15H21N3S. The topological polar surface area (TPSA) is 21.1 Å². The van der Waals surface area contributed by atoms with Crippen LogP contribution in [0.25, 0.3) is 5.69 Å². The van der Waals surface area contributed by atoms with E-state index >= 15 is 0 Å². The van der Waals surface area contributed by atoms with E-state index in [1.807, 2.05) is 17.8 Å². The summed E-state index contributed by atoms with van der Waals surface area (Å²) in [6.45, 7) is 5.26. The molecule has 19 heavy (non-hydrogen) atoms. The zero-order chi connectivity index (χ0) is 13.8. The molecule has 1 aromatic carbocycles. The van der Waals surface area contributed by atoms with E-state index in [1.165, 1.54) is 11.4 Å². The van der Waals surface area contributed by atoms with Crippen LogP contribution in [0.2, 0.25) is 0 Å². The van der Waals surface area contributed by atoms with Gasteiger partial charge >= 0.3 is 0 Å². The van der Waals surface area contributed by atoms with E-state index in [4.69, 9.17) is 4.98 Å². The summed E-state index contributed by atoms with van der Waals surface area (Å²) in [5, 5.41) is 1.09. The monoisotopic (exact) mass is 275 g/mol. The third-order valence-electron chi connectivity index (χ3n) is 3.10. The van der Waals surface area contributed by atoms with E-state index in [-0.39, 0.29) is 0 Å². The summed E-state index contributed by atoms with van der Waals surface area (Å²) in [4.78, 5) is 6.89. The van der Waals surface area contributed by atoms with Crippen LogP contribution in [0.4, 0.5) is 0 Å². The predicted molar refractivity (Wildman–Crippen MR) is 82.3 cm³/mol. The van der Waals surface area contributed by atoms with Crippen molar-refractivity contribution in [3.8, 4) is 5.69 Å². The lowest BCUT2D eigenvalue weighted by atomic mass is 10.3. The largest absolute Gasteiger partial charge is 0.309 e. The van der Waals surface area contributed by atoms with Crippen LogP contribution < -0.4 is 0 Å². The maximum atomic E-state index is 4.69. The molecule has 0 aliphatic rings. The van der Waals surface area contributed by atoms with Gasteiger partial charge in [-0.3, -0.25) is 4.57 Å². The van der Waals surface area contributed by atoms with Crippen molar-refractivity contribution >= 4 is 11.8 Å². The third kappa shape index (κ3) is 3.39. The molecule has 0 atom stereocenters. The van der Waals surface area contributed by atoms with Crippen molar-refractivity contribution in [3.05, 3.63) is 41.7 Å². The molecule has 0 saturated carbocycles. The standard InChI is InChI=1S/C15H21N3S/c1-12-13(2)18(14-8-6-5-7-9-14)15(16-12)19-11-10-17(3)4/h5-9H,10-11H2,1-4H3. The molecule has 0 unspecified atom stereocenters. The summed E-state index contributed by atoms with van der Waals surface area (Å²) in [6.07, 6.45) is 0. The van der Waals surface area contributed by atoms with Crippen molar-refractivity contribution < 1.29 is 0 Å². The molecule has 2 aromatic rings. The molecule has 4 heteroatoms. The van der Waals surface area contributed by atoms with E-state index in [1.54, 1.807) is 0 Å². The Morgan fingerprint density at radius 2 is 1.84 bits per heavy atom. The fourth-order valence-electron chi connectivity index (χ4n) is 1.88. The molecular weight excluding hydrogens is 254 g/mol. The van der Waals surface area contributed by atoms with E-state index in [0.717, 1.165) is 23.1 Å². The van der Waals surface area contributed by atoms with Gasteiger partial charge in [0.1, 0.15) is 0 Å². The van der Waals surface area contributed by atoms with Crippen molar-refractivity contribution in [3.63, 3.8) is 0 Å². The van der Waals surface area contributed by atoms with Crippen LogP contribution in [0, 0.1) is 13.8 Å². The Balaban J connectivity index is 2.27. The lowest BCUT2D eigenvalue weighted by Crippen LogP contribution is -2.15. The second-order valence-electron chi connectivity index (χ2n) is 4.89. The highest BCUT2D eigenvalue weighted by molar-refractivity contribution is 7.99. The molecule has 0 fully saturated rings. The first-order chi connectivity index (χ1) is 9.09. The smallest absolute Gasteiger partial charge is 0.173 e. The number of thioether (sulfide) groups is 1. The van der Waals surface area contributed by atoms with Crippen molar-refractivity contribution in [1.29, 1.82) is 0 Å². The molecule has 3 nitrogen and oxygen atoms in total. The van der Waals surface area contributed by atoms with Gasteiger partial charge in [0, 0.05) is 23.7 Å². The minimum absolute atomic E-state index is 1.05. The van der Waals surface area contributed by atoms with Crippen molar-refractivity contribution in [2.24, 2.45) is 0 Å². The Hall–Kier alpha value is -1.26. The number of rotatable bonds is 5. The Morgan fingerprint density at radius 1 is 1.16 bits per heavy atom. The van der Waals surface area contributed by atoms with E-state index in [0.29, 0.717) is 0 Å². The lowest BCUT2D eigenvalue weighted by Gasteiger charge is -2.11. The van der Waals surface area contributed by atoms with Crippen LogP contribution >= 0.6 is 11.8 Å². The molecule has 0 spiro atoms. The molecule has 0 amide bonds. The van der Waals surface area contributed by atoms with Crippen molar-refractivity contribution in [2.75, 3.05) is 26.4 Å². The number of nitrogens with zero attached hydrogens (tertiary/aromatic N) is 3. The average molecular weight is 275 g/mol. The van der Waals surface area contributed by atoms with Crippen LogP contribution in [0.3, 0.4) is 0 Å². The van der Waals surface area contributed by atoms with Gasteiger partial charge in [0.2, 0.25) is 0 Å². The zero-order valence-corrected chi connectivity index (χ0v) is 12.9. The number of para-hydroxylation sites is 1. The minimum atomic E-state index is 1.05. The minimum Gasteiger partial charge on any atom is -0.309 e. The van der Waals surface area contributed by atoms with Gasteiger partial charge in [0.25, 0.3) is 0 Å². The maximum Gasteiger partial charge on any atom is 0.173 e. The summed E-state index contributed by atoms with van der Waals surface area (Å²) < 4.78 is 2.25. The second kappa shape index (κ2) is 6.26. The SMILES string of the molecule is Cc1nc(SCCN(C)C)n(-c2ccccc2)c1C. The fraction of sp³-hybridized carbons (Fsp3) is 0.400. The van der Waals surface area contributed by atoms with Crippen molar-refractivity contribution in [1.82, 2.24) is 14.5 Å². The predicted octanol–water partition coefficient (Wildman–Crippen LogP) is 3.14. The number of benzene rings is 1. The molecule has 0 aliphatic heterocycles.